The molecule has 0 bridgehead atoms. The summed E-state index contributed by atoms with van der Waals surface area (Å²) in [6, 6.07) is 11.0. The number of primary amides is 1. The molecule has 0 saturated carbocycles. The van der Waals surface area contributed by atoms with E-state index in [0.717, 1.165) is 9.87 Å². The average molecular weight is 418 g/mol. The van der Waals surface area contributed by atoms with Crippen molar-refractivity contribution in [3.63, 3.8) is 0 Å². The Kier molecular flexibility index (Phi) is 5.33. The zero-order valence-electron chi connectivity index (χ0n) is 12.2. The minimum Gasteiger partial charge on any atom is -0.368 e. The Bertz CT molecular complexity index is 838. The molecule has 1 amide bonds. The van der Waals surface area contributed by atoms with Crippen LogP contribution in [0.25, 0.3) is 0 Å². The molecule has 0 saturated heterocycles. The maximum atomic E-state index is 12.9. The Labute approximate surface area is 148 Å². The minimum absolute atomic E-state index is 0.0586. The molecule has 0 atom stereocenters. The summed E-state index contributed by atoms with van der Waals surface area (Å²) in [5.74, 6) is -0.778. The van der Waals surface area contributed by atoms with Gasteiger partial charge in [-0.1, -0.05) is 45.2 Å². The van der Waals surface area contributed by atoms with E-state index in [1.165, 1.54) is 18.2 Å². The summed E-state index contributed by atoms with van der Waals surface area (Å²) in [6.07, 6.45) is 0. The largest absolute Gasteiger partial charge is 0.368 e. The smallest absolute Gasteiger partial charge is 0.264 e. The maximum absolute atomic E-state index is 12.9. The Hall–Kier alpha value is -1.57. The van der Waals surface area contributed by atoms with Crippen molar-refractivity contribution in [3.05, 3.63) is 57.5 Å². The number of benzene rings is 2. The summed E-state index contributed by atoms with van der Waals surface area (Å²) in [6.45, 7) is 1.35. The van der Waals surface area contributed by atoms with Crippen LogP contribution in [0.1, 0.15) is 5.56 Å². The third kappa shape index (κ3) is 4.04. The van der Waals surface area contributed by atoms with Gasteiger partial charge in [-0.3, -0.25) is 9.10 Å². The fourth-order valence-electron chi connectivity index (χ4n) is 1.96. The monoisotopic (exact) mass is 416 g/mol. The number of hydrogen-bond acceptors (Lipinski definition) is 3. The van der Waals surface area contributed by atoms with Gasteiger partial charge in [0.05, 0.1) is 15.6 Å². The number of hydrogen-bond donors (Lipinski definition) is 1. The fraction of sp³-hybridized carbons (Fsp3) is 0.133. The van der Waals surface area contributed by atoms with Crippen LogP contribution in [0.3, 0.4) is 0 Å². The van der Waals surface area contributed by atoms with E-state index in [2.05, 4.69) is 15.9 Å². The second-order valence-electron chi connectivity index (χ2n) is 4.89. The van der Waals surface area contributed by atoms with Gasteiger partial charge >= 0.3 is 0 Å². The van der Waals surface area contributed by atoms with Crippen LogP contribution >= 0.6 is 27.5 Å². The van der Waals surface area contributed by atoms with Crippen molar-refractivity contribution in [2.75, 3.05) is 10.8 Å². The molecule has 0 radical (unpaired) electrons. The third-order valence-electron chi connectivity index (χ3n) is 3.09. The molecule has 2 aromatic rings. The van der Waals surface area contributed by atoms with Gasteiger partial charge in [0.15, 0.2) is 0 Å². The van der Waals surface area contributed by atoms with E-state index >= 15 is 0 Å². The van der Waals surface area contributed by atoms with E-state index in [1.807, 2.05) is 6.92 Å². The normalized spacial score (nSPS) is 11.3. The molecule has 0 aliphatic heterocycles. The molecule has 2 rings (SSSR count). The molecule has 8 heteroatoms. The lowest BCUT2D eigenvalue weighted by molar-refractivity contribution is -0.116. The average Bonchev–Trinajstić information content (AvgIpc) is 2.45. The van der Waals surface area contributed by atoms with Crippen LogP contribution in [0.4, 0.5) is 5.69 Å². The Morgan fingerprint density at radius 2 is 1.83 bits per heavy atom. The van der Waals surface area contributed by atoms with E-state index in [1.54, 1.807) is 24.3 Å². The number of nitrogens with two attached hydrogens (primary N) is 1. The van der Waals surface area contributed by atoms with Gasteiger partial charge in [0.25, 0.3) is 10.0 Å². The van der Waals surface area contributed by atoms with Gasteiger partial charge in [0.1, 0.15) is 6.54 Å². The van der Waals surface area contributed by atoms with Crippen molar-refractivity contribution in [1.82, 2.24) is 0 Å². The van der Waals surface area contributed by atoms with Crippen LogP contribution in [0.15, 0.2) is 51.8 Å². The third-order valence-corrected chi connectivity index (χ3v) is 5.66. The SMILES string of the molecule is Cc1ccc(S(=O)(=O)N(CC(N)=O)c2ccc(Br)cc2Cl)cc1. The first-order valence-electron chi connectivity index (χ1n) is 6.54. The number of anilines is 1. The molecule has 2 N–H and O–H groups in total. The maximum Gasteiger partial charge on any atom is 0.264 e. The van der Waals surface area contributed by atoms with Crippen LogP contribution in [-0.2, 0) is 14.8 Å². The van der Waals surface area contributed by atoms with Crippen LogP contribution < -0.4 is 10.0 Å². The summed E-state index contributed by atoms with van der Waals surface area (Å²) in [5, 5.41) is 0.191. The molecule has 0 spiro atoms. The van der Waals surface area contributed by atoms with Crippen molar-refractivity contribution in [2.45, 2.75) is 11.8 Å². The molecule has 0 aliphatic carbocycles. The van der Waals surface area contributed by atoms with Gasteiger partial charge in [-0.25, -0.2) is 8.42 Å². The molecule has 0 heterocycles. The number of carbonyl (C=O) groups excluding carboxylic acids is 1. The van der Waals surface area contributed by atoms with Gasteiger partial charge in [0, 0.05) is 4.47 Å². The molecular weight excluding hydrogens is 404 g/mol. The molecule has 0 unspecified atom stereocenters. The van der Waals surface area contributed by atoms with E-state index in [4.69, 9.17) is 17.3 Å². The van der Waals surface area contributed by atoms with Crippen LogP contribution in [0.2, 0.25) is 5.02 Å². The van der Waals surface area contributed by atoms with Gasteiger partial charge in [0.2, 0.25) is 5.91 Å². The molecule has 0 fully saturated rings. The number of aryl methyl sites for hydroxylation is 1. The Morgan fingerprint density at radius 3 is 2.35 bits per heavy atom. The van der Waals surface area contributed by atoms with Crippen LogP contribution in [0, 0.1) is 6.92 Å². The number of rotatable bonds is 5. The summed E-state index contributed by atoms with van der Waals surface area (Å²) in [4.78, 5) is 11.4. The summed E-state index contributed by atoms with van der Waals surface area (Å²) < 4.78 is 27.3. The first kappa shape index (κ1) is 17.8. The molecule has 5 nitrogen and oxygen atoms in total. The van der Waals surface area contributed by atoms with Crippen molar-refractivity contribution in [2.24, 2.45) is 5.73 Å². The lowest BCUT2D eigenvalue weighted by atomic mass is 10.2. The van der Waals surface area contributed by atoms with Crippen LogP contribution in [0.5, 0.6) is 0 Å². The van der Waals surface area contributed by atoms with E-state index < -0.39 is 22.5 Å². The highest BCUT2D eigenvalue weighted by atomic mass is 79.9. The number of sulfonamides is 1. The molecule has 2 aromatic carbocycles. The van der Waals surface area contributed by atoms with Crippen molar-refractivity contribution < 1.29 is 13.2 Å². The van der Waals surface area contributed by atoms with Crippen molar-refractivity contribution >= 4 is 49.1 Å². The molecule has 0 aliphatic rings. The number of nitrogens with zero attached hydrogens (tertiary/aromatic N) is 1. The van der Waals surface area contributed by atoms with Gasteiger partial charge in [-0.15, -0.1) is 0 Å². The highest BCUT2D eigenvalue weighted by molar-refractivity contribution is 9.10. The lowest BCUT2D eigenvalue weighted by Crippen LogP contribution is -2.38. The topological polar surface area (TPSA) is 80.5 Å². The van der Waals surface area contributed by atoms with E-state index in [0.29, 0.717) is 4.47 Å². The van der Waals surface area contributed by atoms with Crippen molar-refractivity contribution in [1.29, 1.82) is 0 Å². The van der Waals surface area contributed by atoms with Crippen LogP contribution in [-0.4, -0.2) is 20.9 Å². The Balaban J connectivity index is 2.57. The molecule has 23 heavy (non-hydrogen) atoms. The second kappa shape index (κ2) is 6.90. The van der Waals surface area contributed by atoms with E-state index in [-0.39, 0.29) is 15.6 Å². The van der Waals surface area contributed by atoms with Gasteiger partial charge in [-0.2, -0.15) is 0 Å². The first-order valence-corrected chi connectivity index (χ1v) is 9.15. The molecular formula is C15H14BrClN2O3S. The molecule has 122 valence electrons. The summed E-state index contributed by atoms with van der Waals surface area (Å²) in [5.41, 5.74) is 6.32. The highest BCUT2D eigenvalue weighted by Gasteiger charge is 2.28. The fourth-order valence-corrected chi connectivity index (χ4v) is 4.24. The minimum atomic E-state index is -3.97. The molecule has 0 aromatic heterocycles. The number of halogens is 2. The van der Waals surface area contributed by atoms with Gasteiger partial charge < -0.3 is 5.73 Å². The summed E-state index contributed by atoms with van der Waals surface area (Å²) >= 11 is 9.39. The van der Waals surface area contributed by atoms with Gasteiger partial charge in [-0.05, 0) is 37.3 Å². The highest BCUT2D eigenvalue weighted by Crippen LogP contribution is 2.32. The standard InChI is InChI=1S/C15H14BrClN2O3S/c1-10-2-5-12(6-3-10)23(21,22)19(9-15(18)20)14-7-4-11(16)8-13(14)17/h2-8H,9H2,1H3,(H2,18,20). The lowest BCUT2D eigenvalue weighted by Gasteiger charge is -2.24. The predicted octanol–water partition coefficient (Wildman–Crippen LogP) is 3.09. The summed E-state index contributed by atoms with van der Waals surface area (Å²) in [7, 11) is -3.97. The first-order chi connectivity index (χ1) is 10.7. The number of carbonyl (C=O) groups is 1. The second-order valence-corrected chi connectivity index (χ2v) is 8.07. The van der Waals surface area contributed by atoms with Crippen molar-refractivity contribution in [3.8, 4) is 0 Å². The Morgan fingerprint density at radius 1 is 1.22 bits per heavy atom. The quantitative estimate of drug-likeness (QED) is 0.812. The van der Waals surface area contributed by atoms with E-state index in [9.17, 15) is 13.2 Å². The number of amides is 1. The zero-order valence-corrected chi connectivity index (χ0v) is 15.3. The predicted molar refractivity (Wildman–Crippen MR) is 94.1 cm³/mol. The zero-order chi connectivity index (χ0) is 17.2.